The zero-order chi connectivity index (χ0) is 11.1. The van der Waals surface area contributed by atoms with Crippen LogP contribution in [0.25, 0.3) is 0 Å². The van der Waals surface area contributed by atoms with Crippen LogP contribution in [0.15, 0.2) is 0 Å². The van der Waals surface area contributed by atoms with E-state index >= 15 is 0 Å². The Labute approximate surface area is 110 Å². The molecule has 0 radical (unpaired) electrons. The number of carbonyl (C=O) groups excluding carboxylic acids is 1. The molecule has 4 aliphatic rings. The van der Waals surface area contributed by atoms with Gasteiger partial charge in [0.2, 0.25) is 5.91 Å². The fourth-order valence-electron chi connectivity index (χ4n) is 4.36. The summed E-state index contributed by atoms with van der Waals surface area (Å²) in [6.07, 6.45) is 7.26. The lowest BCUT2D eigenvalue weighted by molar-refractivity contribution is -0.133. The molecule has 2 heterocycles. The highest BCUT2D eigenvalue weighted by Crippen LogP contribution is 2.47. The molecule has 4 heteroatoms. The van der Waals surface area contributed by atoms with Gasteiger partial charge in [0.25, 0.3) is 0 Å². The summed E-state index contributed by atoms with van der Waals surface area (Å²) in [5.74, 6) is 2.93. The molecule has 4 bridgehead atoms. The van der Waals surface area contributed by atoms with Crippen molar-refractivity contribution < 1.29 is 4.79 Å². The third-order valence-corrected chi connectivity index (χ3v) is 4.79. The highest BCUT2D eigenvalue weighted by molar-refractivity contribution is 5.85. The molecule has 2 atom stereocenters. The number of carbonyl (C=O) groups is 1. The molecule has 0 aromatic heterocycles. The fourth-order valence-corrected chi connectivity index (χ4v) is 4.36. The summed E-state index contributed by atoms with van der Waals surface area (Å²) in [6, 6.07) is 0.551. The van der Waals surface area contributed by atoms with E-state index in [2.05, 4.69) is 4.90 Å². The summed E-state index contributed by atoms with van der Waals surface area (Å²) >= 11 is 0. The molecule has 2 aliphatic heterocycles. The van der Waals surface area contributed by atoms with Crippen molar-refractivity contribution in [1.82, 2.24) is 4.90 Å². The Bertz CT molecular complexity index is 283. The van der Waals surface area contributed by atoms with Crippen molar-refractivity contribution in [3.8, 4) is 0 Å². The molecule has 2 saturated heterocycles. The zero-order valence-corrected chi connectivity index (χ0v) is 11.1. The summed E-state index contributed by atoms with van der Waals surface area (Å²) in [4.78, 5) is 14.2. The molecule has 98 valence electrons. The van der Waals surface area contributed by atoms with E-state index in [1.165, 1.54) is 32.1 Å². The predicted molar refractivity (Wildman–Crippen MR) is 70.0 cm³/mol. The molecule has 2 unspecified atom stereocenters. The summed E-state index contributed by atoms with van der Waals surface area (Å²) in [5.41, 5.74) is 5.50. The molecule has 1 amide bonds. The quantitative estimate of drug-likeness (QED) is 0.821. The van der Waals surface area contributed by atoms with E-state index in [0.29, 0.717) is 24.9 Å². The van der Waals surface area contributed by atoms with Crippen LogP contribution < -0.4 is 5.73 Å². The largest absolute Gasteiger partial charge is 0.339 e. The Kier molecular flexibility index (Phi) is 3.99. The lowest BCUT2D eigenvalue weighted by atomic mass is 9.68. The van der Waals surface area contributed by atoms with E-state index in [-0.39, 0.29) is 12.4 Å². The number of nitrogens with two attached hydrogens (primary N) is 1. The van der Waals surface area contributed by atoms with Crippen LogP contribution in [-0.4, -0.2) is 29.9 Å². The Hall–Kier alpha value is -0.280. The van der Waals surface area contributed by atoms with Gasteiger partial charge in [-0.05, 0) is 49.9 Å². The van der Waals surface area contributed by atoms with Crippen molar-refractivity contribution in [2.45, 2.75) is 44.6 Å². The van der Waals surface area contributed by atoms with E-state index in [1.807, 2.05) is 0 Å². The second kappa shape index (κ2) is 5.15. The smallest absolute Gasteiger partial charge is 0.224 e. The Morgan fingerprint density at radius 3 is 2.24 bits per heavy atom. The maximum atomic E-state index is 12.1. The second-order valence-corrected chi connectivity index (χ2v) is 6.02. The molecular weight excluding hydrogens is 236 g/mol. The van der Waals surface area contributed by atoms with Crippen LogP contribution in [-0.2, 0) is 4.79 Å². The minimum Gasteiger partial charge on any atom is -0.339 e. The average molecular weight is 259 g/mol. The number of fused-ring (bicyclic) bond motifs is 1. The summed E-state index contributed by atoms with van der Waals surface area (Å²) in [6.45, 7) is 1.52. The van der Waals surface area contributed by atoms with E-state index in [0.717, 1.165) is 24.3 Å². The first-order valence-electron chi connectivity index (χ1n) is 6.75. The number of rotatable bonds is 2. The summed E-state index contributed by atoms with van der Waals surface area (Å²) in [7, 11) is 0. The van der Waals surface area contributed by atoms with Gasteiger partial charge in [0.15, 0.2) is 0 Å². The van der Waals surface area contributed by atoms with Crippen LogP contribution in [0.4, 0.5) is 0 Å². The number of amides is 1. The van der Waals surface area contributed by atoms with Gasteiger partial charge in [0.1, 0.15) is 0 Å². The van der Waals surface area contributed by atoms with E-state index in [9.17, 15) is 4.79 Å². The molecule has 4 fully saturated rings. The first-order valence-corrected chi connectivity index (χ1v) is 6.75. The van der Waals surface area contributed by atoms with E-state index in [4.69, 9.17) is 5.73 Å². The Balaban J connectivity index is 0.00000108. The number of hydrogen-bond donors (Lipinski definition) is 1. The van der Waals surface area contributed by atoms with E-state index < -0.39 is 0 Å². The van der Waals surface area contributed by atoms with Crippen molar-refractivity contribution >= 4 is 18.3 Å². The van der Waals surface area contributed by atoms with Gasteiger partial charge in [-0.15, -0.1) is 12.4 Å². The maximum Gasteiger partial charge on any atom is 0.224 e. The molecule has 2 saturated carbocycles. The van der Waals surface area contributed by atoms with Crippen LogP contribution in [0.1, 0.15) is 38.5 Å². The van der Waals surface area contributed by atoms with Gasteiger partial charge < -0.3 is 10.6 Å². The summed E-state index contributed by atoms with van der Waals surface area (Å²) < 4.78 is 0. The van der Waals surface area contributed by atoms with Gasteiger partial charge in [-0.25, -0.2) is 0 Å². The SMILES string of the molecule is Cl.NCCC(=O)N1CC2CC3CC(C2)CC1C3. The molecule has 2 aliphatic carbocycles. The standard InChI is InChI=1S/C13H22N2O.ClH/c14-2-1-13(16)15-8-11-4-9-3-10(5-11)7-12(15)6-9;/h9-12H,1-8,14H2;1H. The molecule has 2 N–H and O–H groups in total. The lowest BCUT2D eigenvalue weighted by Gasteiger charge is -2.39. The highest BCUT2D eigenvalue weighted by Gasteiger charge is 2.43. The van der Waals surface area contributed by atoms with Crippen molar-refractivity contribution in [3.63, 3.8) is 0 Å². The fraction of sp³-hybridized carbons (Fsp3) is 0.923. The molecule has 0 spiro atoms. The van der Waals surface area contributed by atoms with Crippen molar-refractivity contribution in [1.29, 1.82) is 0 Å². The molecule has 17 heavy (non-hydrogen) atoms. The zero-order valence-electron chi connectivity index (χ0n) is 10.3. The maximum absolute atomic E-state index is 12.1. The van der Waals surface area contributed by atoms with Crippen LogP contribution in [0.3, 0.4) is 0 Å². The minimum atomic E-state index is 0. The third-order valence-electron chi connectivity index (χ3n) is 4.79. The van der Waals surface area contributed by atoms with Crippen LogP contribution in [0.2, 0.25) is 0 Å². The van der Waals surface area contributed by atoms with Crippen molar-refractivity contribution in [2.75, 3.05) is 13.1 Å². The lowest BCUT2D eigenvalue weighted by Crippen LogP contribution is -2.42. The van der Waals surface area contributed by atoms with Crippen molar-refractivity contribution in [3.05, 3.63) is 0 Å². The second-order valence-electron chi connectivity index (χ2n) is 6.02. The van der Waals surface area contributed by atoms with Gasteiger partial charge >= 0.3 is 0 Å². The van der Waals surface area contributed by atoms with Crippen LogP contribution in [0.5, 0.6) is 0 Å². The highest BCUT2D eigenvalue weighted by atomic mass is 35.5. The van der Waals surface area contributed by atoms with Gasteiger partial charge in [-0.3, -0.25) is 4.79 Å². The van der Waals surface area contributed by atoms with Crippen LogP contribution >= 0.6 is 12.4 Å². The van der Waals surface area contributed by atoms with Crippen molar-refractivity contribution in [2.24, 2.45) is 23.5 Å². The average Bonchev–Trinajstić information content (AvgIpc) is 2.43. The predicted octanol–water partition coefficient (Wildman–Crippen LogP) is 1.79. The number of halogens is 1. The minimum absolute atomic E-state index is 0. The summed E-state index contributed by atoms with van der Waals surface area (Å²) in [5, 5.41) is 0. The Morgan fingerprint density at radius 2 is 1.65 bits per heavy atom. The normalized spacial score (nSPS) is 38.8. The third kappa shape index (κ3) is 2.45. The molecule has 0 aromatic rings. The topological polar surface area (TPSA) is 46.3 Å². The molecule has 4 rings (SSSR count). The molecule has 0 aromatic carbocycles. The molecule has 3 nitrogen and oxygen atoms in total. The first-order chi connectivity index (χ1) is 7.76. The van der Waals surface area contributed by atoms with Gasteiger partial charge in [-0.2, -0.15) is 0 Å². The number of nitrogens with zero attached hydrogens (tertiary/aromatic N) is 1. The first kappa shape index (κ1) is 13.2. The molecular formula is C13H23ClN2O. The van der Waals surface area contributed by atoms with Gasteiger partial charge in [0.05, 0.1) is 0 Å². The van der Waals surface area contributed by atoms with Gasteiger partial charge in [-0.1, -0.05) is 0 Å². The van der Waals surface area contributed by atoms with E-state index in [1.54, 1.807) is 0 Å². The monoisotopic (exact) mass is 258 g/mol. The van der Waals surface area contributed by atoms with Gasteiger partial charge in [0, 0.05) is 25.6 Å². The number of hydrogen-bond acceptors (Lipinski definition) is 2. The Morgan fingerprint density at radius 1 is 1.06 bits per heavy atom. The van der Waals surface area contributed by atoms with Crippen LogP contribution in [0, 0.1) is 17.8 Å².